The maximum Gasteiger partial charge on any atom is 0.255 e. The summed E-state index contributed by atoms with van der Waals surface area (Å²) in [5.74, 6) is 0.422. The van der Waals surface area contributed by atoms with Crippen molar-refractivity contribution in [3.05, 3.63) is 95.0 Å². The molecular formula is C20H16ClNO2. The largest absolute Gasteiger partial charge is 0.487 e. The monoisotopic (exact) mass is 337 g/mol. The first-order valence-electron chi connectivity index (χ1n) is 7.55. The van der Waals surface area contributed by atoms with Crippen molar-refractivity contribution >= 4 is 23.2 Å². The summed E-state index contributed by atoms with van der Waals surface area (Å²) in [5, 5.41) is 3.47. The van der Waals surface area contributed by atoms with E-state index in [0.29, 0.717) is 28.6 Å². The second kappa shape index (κ2) is 7.66. The fourth-order valence-electron chi connectivity index (χ4n) is 2.23. The molecule has 3 nitrogen and oxygen atoms in total. The van der Waals surface area contributed by atoms with Crippen molar-refractivity contribution in [1.29, 1.82) is 0 Å². The second-order valence-electron chi connectivity index (χ2n) is 5.23. The number of para-hydroxylation sites is 2. The molecule has 0 fully saturated rings. The molecule has 3 aromatic carbocycles. The maximum atomic E-state index is 12.3. The lowest BCUT2D eigenvalue weighted by molar-refractivity contribution is 0.102. The lowest BCUT2D eigenvalue weighted by Gasteiger charge is -2.12. The van der Waals surface area contributed by atoms with Crippen molar-refractivity contribution in [1.82, 2.24) is 0 Å². The van der Waals surface area contributed by atoms with Gasteiger partial charge < -0.3 is 10.1 Å². The van der Waals surface area contributed by atoms with Crippen LogP contribution < -0.4 is 10.1 Å². The number of halogens is 1. The molecular weight excluding hydrogens is 322 g/mol. The number of nitrogens with one attached hydrogen (secondary N) is 1. The van der Waals surface area contributed by atoms with Gasteiger partial charge in [-0.1, -0.05) is 54.1 Å². The minimum absolute atomic E-state index is 0.206. The van der Waals surface area contributed by atoms with Gasteiger partial charge in [-0.3, -0.25) is 4.79 Å². The van der Waals surface area contributed by atoms with Crippen LogP contribution in [0.4, 0.5) is 5.69 Å². The lowest BCUT2D eigenvalue weighted by Crippen LogP contribution is -2.12. The molecule has 0 bridgehead atoms. The Morgan fingerprint density at radius 1 is 0.875 bits per heavy atom. The molecule has 0 saturated carbocycles. The van der Waals surface area contributed by atoms with E-state index in [0.717, 1.165) is 5.56 Å². The summed E-state index contributed by atoms with van der Waals surface area (Å²) < 4.78 is 5.84. The first kappa shape index (κ1) is 16.1. The highest BCUT2D eigenvalue weighted by atomic mass is 35.5. The van der Waals surface area contributed by atoms with E-state index < -0.39 is 0 Å². The number of hydrogen-bond donors (Lipinski definition) is 1. The summed E-state index contributed by atoms with van der Waals surface area (Å²) in [6.45, 7) is 0.439. The molecule has 3 rings (SSSR count). The molecule has 24 heavy (non-hydrogen) atoms. The molecule has 0 aliphatic rings. The number of amides is 1. The van der Waals surface area contributed by atoms with Crippen LogP contribution in [0, 0.1) is 0 Å². The molecule has 4 heteroatoms. The van der Waals surface area contributed by atoms with Gasteiger partial charge >= 0.3 is 0 Å². The average Bonchev–Trinajstić information content (AvgIpc) is 2.62. The normalized spacial score (nSPS) is 10.2. The molecule has 0 aliphatic carbocycles. The van der Waals surface area contributed by atoms with Crippen molar-refractivity contribution in [2.45, 2.75) is 6.61 Å². The van der Waals surface area contributed by atoms with Gasteiger partial charge in [0.1, 0.15) is 12.4 Å². The van der Waals surface area contributed by atoms with Crippen LogP contribution in [0.2, 0.25) is 5.02 Å². The third-order valence-electron chi connectivity index (χ3n) is 3.48. The molecule has 0 aliphatic heterocycles. The zero-order chi connectivity index (χ0) is 16.8. The van der Waals surface area contributed by atoms with E-state index in [-0.39, 0.29) is 5.91 Å². The van der Waals surface area contributed by atoms with Crippen LogP contribution in [-0.2, 0) is 6.61 Å². The molecule has 120 valence electrons. The van der Waals surface area contributed by atoms with E-state index >= 15 is 0 Å². The molecule has 0 spiro atoms. The van der Waals surface area contributed by atoms with Crippen LogP contribution in [0.1, 0.15) is 15.9 Å². The number of hydrogen-bond acceptors (Lipinski definition) is 2. The van der Waals surface area contributed by atoms with Crippen molar-refractivity contribution < 1.29 is 9.53 Å². The SMILES string of the molecule is O=C(Nc1ccccc1OCc1ccccc1)c1ccc(Cl)cc1. The highest BCUT2D eigenvalue weighted by molar-refractivity contribution is 6.30. The highest BCUT2D eigenvalue weighted by Crippen LogP contribution is 2.25. The molecule has 3 aromatic rings. The molecule has 0 unspecified atom stereocenters. The van der Waals surface area contributed by atoms with E-state index in [9.17, 15) is 4.79 Å². The molecule has 0 saturated heterocycles. The van der Waals surface area contributed by atoms with Gasteiger partial charge in [-0.25, -0.2) is 0 Å². The van der Waals surface area contributed by atoms with Crippen LogP contribution in [-0.4, -0.2) is 5.91 Å². The van der Waals surface area contributed by atoms with E-state index in [2.05, 4.69) is 5.32 Å². The quantitative estimate of drug-likeness (QED) is 0.697. The Bertz CT molecular complexity index is 817. The van der Waals surface area contributed by atoms with Gasteiger partial charge in [-0.15, -0.1) is 0 Å². The van der Waals surface area contributed by atoms with Crippen LogP contribution in [0.5, 0.6) is 5.75 Å². The molecule has 1 N–H and O–H groups in total. The summed E-state index contributed by atoms with van der Waals surface area (Å²) in [6, 6.07) is 24.0. The van der Waals surface area contributed by atoms with Crippen molar-refractivity contribution in [2.75, 3.05) is 5.32 Å². The number of anilines is 1. The van der Waals surface area contributed by atoms with Gasteiger partial charge in [0.25, 0.3) is 5.91 Å². The Kier molecular flexibility index (Phi) is 5.14. The Morgan fingerprint density at radius 2 is 1.54 bits per heavy atom. The summed E-state index contributed by atoms with van der Waals surface area (Å²) in [6.07, 6.45) is 0. The minimum atomic E-state index is -0.206. The van der Waals surface area contributed by atoms with Crippen molar-refractivity contribution in [3.63, 3.8) is 0 Å². The topological polar surface area (TPSA) is 38.3 Å². The van der Waals surface area contributed by atoms with E-state index in [1.807, 2.05) is 54.6 Å². The zero-order valence-electron chi connectivity index (χ0n) is 12.9. The predicted octanol–water partition coefficient (Wildman–Crippen LogP) is 5.17. The van der Waals surface area contributed by atoms with Crippen LogP contribution >= 0.6 is 11.6 Å². The Balaban J connectivity index is 1.71. The van der Waals surface area contributed by atoms with Crippen molar-refractivity contribution in [3.8, 4) is 5.75 Å². The number of rotatable bonds is 5. The van der Waals surface area contributed by atoms with E-state index in [4.69, 9.17) is 16.3 Å². The third kappa shape index (κ3) is 4.15. The van der Waals surface area contributed by atoms with Crippen LogP contribution in [0.3, 0.4) is 0 Å². The average molecular weight is 338 g/mol. The summed E-state index contributed by atoms with van der Waals surface area (Å²) in [5.41, 5.74) is 2.24. The van der Waals surface area contributed by atoms with Gasteiger partial charge in [-0.2, -0.15) is 0 Å². The van der Waals surface area contributed by atoms with Gasteiger partial charge in [0, 0.05) is 10.6 Å². The molecule has 0 heterocycles. The Labute approximate surface area is 145 Å². The Morgan fingerprint density at radius 3 is 2.29 bits per heavy atom. The van der Waals surface area contributed by atoms with Gasteiger partial charge in [0.15, 0.2) is 0 Å². The number of ether oxygens (including phenoxy) is 1. The van der Waals surface area contributed by atoms with Gasteiger partial charge in [0.2, 0.25) is 0 Å². The maximum absolute atomic E-state index is 12.3. The summed E-state index contributed by atoms with van der Waals surface area (Å²) in [7, 11) is 0. The third-order valence-corrected chi connectivity index (χ3v) is 3.73. The lowest BCUT2D eigenvalue weighted by atomic mass is 10.2. The van der Waals surface area contributed by atoms with Crippen LogP contribution in [0.25, 0.3) is 0 Å². The van der Waals surface area contributed by atoms with Gasteiger partial charge in [-0.05, 0) is 42.0 Å². The summed E-state index contributed by atoms with van der Waals surface area (Å²) in [4.78, 5) is 12.3. The first-order valence-corrected chi connectivity index (χ1v) is 7.93. The standard InChI is InChI=1S/C20H16ClNO2/c21-17-12-10-16(11-13-17)20(23)22-18-8-4-5-9-19(18)24-14-15-6-2-1-3-7-15/h1-13H,14H2,(H,22,23). The fraction of sp³-hybridized carbons (Fsp3) is 0.0500. The number of carbonyl (C=O) groups excluding carboxylic acids is 1. The first-order chi connectivity index (χ1) is 11.7. The Hall–Kier alpha value is -2.78. The molecule has 0 radical (unpaired) electrons. The number of benzene rings is 3. The second-order valence-corrected chi connectivity index (χ2v) is 5.67. The highest BCUT2D eigenvalue weighted by Gasteiger charge is 2.10. The number of carbonyl (C=O) groups is 1. The smallest absolute Gasteiger partial charge is 0.255 e. The minimum Gasteiger partial charge on any atom is -0.487 e. The van der Waals surface area contributed by atoms with Gasteiger partial charge in [0.05, 0.1) is 5.69 Å². The van der Waals surface area contributed by atoms with E-state index in [1.165, 1.54) is 0 Å². The fourth-order valence-corrected chi connectivity index (χ4v) is 2.35. The summed E-state index contributed by atoms with van der Waals surface area (Å²) >= 11 is 5.85. The molecule has 0 aromatic heterocycles. The van der Waals surface area contributed by atoms with Crippen molar-refractivity contribution in [2.24, 2.45) is 0 Å². The zero-order valence-corrected chi connectivity index (χ0v) is 13.7. The van der Waals surface area contributed by atoms with E-state index in [1.54, 1.807) is 24.3 Å². The molecule has 0 atom stereocenters. The predicted molar refractivity (Wildman–Crippen MR) is 96.6 cm³/mol. The van der Waals surface area contributed by atoms with Crippen LogP contribution in [0.15, 0.2) is 78.9 Å². The molecule has 1 amide bonds.